The summed E-state index contributed by atoms with van der Waals surface area (Å²) in [5.41, 5.74) is 8.16. The Morgan fingerprint density at radius 1 is 1.05 bits per heavy atom. The first kappa shape index (κ1) is 15.4. The molecule has 0 radical (unpaired) electrons. The average Bonchev–Trinajstić information content (AvgIpc) is 2.49. The van der Waals surface area contributed by atoms with E-state index < -0.39 is 11.6 Å². The molecule has 21 heavy (non-hydrogen) atoms. The van der Waals surface area contributed by atoms with Gasteiger partial charge in [-0.05, 0) is 30.2 Å². The summed E-state index contributed by atoms with van der Waals surface area (Å²) in [7, 11) is 0. The van der Waals surface area contributed by atoms with Crippen LogP contribution in [0, 0.1) is 11.6 Å². The first-order valence-corrected chi connectivity index (χ1v) is 7.12. The number of rotatable bonds is 6. The molecule has 0 heterocycles. The molecular formula is C17H20F2N2. The molecule has 2 aromatic rings. The topological polar surface area (TPSA) is 29.3 Å². The summed E-state index contributed by atoms with van der Waals surface area (Å²) in [5, 5.41) is 0. The molecular weight excluding hydrogens is 270 g/mol. The van der Waals surface area contributed by atoms with E-state index in [4.69, 9.17) is 5.73 Å². The number of hydrogen-bond donors (Lipinski definition) is 1. The first-order valence-electron chi connectivity index (χ1n) is 7.12. The van der Waals surface area contributed by atoms with E-state index in [2.05, 4.69) is 11.8 Å². The van der Waals surface area contributed by atoms with Crippen LogP contribution in [0.25, 0.3) is 0 Å². The molecule has 112 valence electrons. The van der Waals surface area contributed by atoms with Crippen molar-refractivity contribution in [2.75, 3.05) is 11.4 Å². The van der Waals surface area contributed by atoms with Crippen molar-refractivity contribution in [2.24, 2.45) is 5.73 Å². The van der Waals surface area contributed by atoms with Crippen molar-refractivity contribution in [1.29, 1.82) is 0 Å². The first-order chi connectivity index (χ1) is 10.1. The second-order valence-electron chi connectivity index (χ2n) is 5.03. The molecule has 0 aliphatic rings. The molecule has 2 rings (SSSR count). The molecule has 2 aromatic carbocycles. The van der Waals surface area contributed by atoms with Gasteiger partial charge in [0.1, 0.15) is 11.6 Å². The molecule has 0 bridgehead atoms. The highest BCUT2D eigenvalue weighted by Gasteiger charge is 2.10. The van der Waals surface area contributed by atoms with Gasteiger partial charge < -0.3 is 10.6 Å². The zero-order valence-corrected chi connectivity index (χ0v) is 12.2. The third kappa shape index (κ3) is 4.02. The lowest BCUT2D eigenvalue weighted by atomic mass is 10.1. The van der Waals surface area contributed by atoms with E-state index in [1.54, 1.807) is 0 Å². The van der Waals surface area contributed by atoms with Gasteiger partial charge in [-0.1, -0.05) is 25.1 Å². The zero-order valence-electron chi connectivity index (χ0n) is 12.2. The van der Waals surface area contributed by atoms with Crippen LogP contribution in [0.5, 0.6) is 0 Å². The molecule has 0 fully saturated rings. The van der Waals surface area contributed by atoms with Gasteiger partial charge in [0.15, 0.2) is 0 Å². The third-order valence-corrected chi connectivity index (χ3v) is 3.41. The molecule has 4 heteroatoms. The van der Waals surface area contributed by atoms with Crippen molar-refractivity contribution >= 4 is 5.69 Å². The zero-order chi connectivity index (χ0) is 15.2. The van der Waals surface area contributed by atoms with Crippen LogP contribution in [0.15, 0.2) is 42.5 Å². The molecule has 0 aliphatic carbocycles. The van der Waals surface area contributed by atoms with Gasteiger partial charge in [0.05, 0.1) is 0 Å². The Bertz CT molecular complexity index is 582. The van der Waals surface area contributed by atoms with Crippen LogP contribution in [0.4, 0.5) is 14.5 Å². The number of hydrogen-bond acceptors (Lipinski definition) is 2. The summed E-state index contributed by atoms with van der Waals surface area (Å²) in [5.74, 6) is -1.06. The Balaban J connectivity index is 2.21. The molecule has 0 aliphatic heterocycles. The standard InChI is InChI=1S/C17H20F2N2/c1-2-9-21(16-7-3-13(11-20)4-8-16)12-14-5-6-15(18)10-17(14)19/h3-8,10H,2,9,11-12,20H2,1H3. The molecule has 0 aromatic heterocycles. The predicted octanol–water partition coefficient (Wildman–Crippen LogP) is 3.84. The SMILES string of the molecule is CCCN(Cc1ccc(F)cc1F)c1ccc(CN)cc1. The van der Waals surface area contributed by atoms with Crippen LogP contribution in [-0.4, -0.2) is 6.54 Å². The van der Waals surface area contributed by atoms with Gasteiger partial charge >= 0.3 is 0 Å². The van der Waals surface area contributed by atoms with Crippen LogP contribution < -0.4 is 10.6 Å². The van der Waals surface area contributed by atoms with Crippen LogP contribution in [0.1, 0.15) is 24.5 Å². The third-order valence-electron chi connectivity index (χ3n) is 3.41. The van der Waals surface area contributed by atoms with E-state index in [9.17, 15) is 8.78 Å². The maximum atomic E-state index is 13.8. The van der Waals surface area contributed by atoms with Crippen molar-refractivity contribution in [1.82, 2.24) is 0 Å². The van der Waals surface area contributed by atoms with Gasteiger partial charge in [-0.25, -0.2) is 8.78 Å². The minimum absolute atomic E-state index is 0.419. The minimum Gasteiger partial charge on any atom is -0.367 e. The fourth-order valence-electron chi connectivity index (χ4n) is 2.27. The number of nitrogens with zero attached hydrogens (tertiary/aromatic N) is 1. The highest BCUT2D eigenvalue weighted by Crippen LogP contribution is 2.20. The van der Waals surface area contributed by atoms with Gasteiger partial charge in [-0.3, -0.25) is 0 Å². The Morgan fingerprint density at radius 3 is 2.33 bits per heavy atom. The van der Waals surface area contributed by atoms with Crippen molar-refractivity contribution in [3.8, 4) is 0 Å². The van der Waals surface area contributed by atoms with E-state index in [0.29, 0.717) is 18.7 Å². The lowest BCUT2D eigenvalue weighted by molar-refractivity contribution is 0.568. The van der Waals surface area contributed by atoms with Crippen LogP contribution in [-0.2, 0) is 13.1 Å². The Kier molecular flexibility index (Phi) is 5.28. The van der Waals surface area contributed by atoms with Gasteiger partial charge in [-0.2, -0.15) is 0 Å². The molecule has 0 amide bonds. The maximum absolute atomic E-state index is 13.8. The van der Waals surface area contributed by atoms with E-state index >= 15 is 0 Å². The highest BCUT2D eigenvalue weighted by atomic mass is 19.1. The largest absolute Gasteiger partial charge is 0.367 e. The molecule has 0 spiro atoms. The van der Waals surface area contributed by atoms with Crippen molar-refractivity contribution in [2.45, 2.75) is 26.4 Å². The molecule has 0 atom stereocenters. The van der Waals surface area contributed by atoms with Crippen LogP contribution in [0.3, 0.4) is 0 Å². The van der Waals surface area contributed by atoms with Crippen LogP contribution in [0.2, 0.25) is 0 Å². The lowest BCUT2D eigenvalue weighted by Crippen LogP contribution is -2.24. The van der Waals surface area contributed by atoms with E-state index in [1.165, 1.54) is 12.1 Å². The van der Waals surface area contributed by atoms with Gasteiger partial charge in [0, 0.05) is 37.0 Å². The average molecular weight is 290 g/mol. The highest BCUT2D eigenvalue weighted by molar-refractivity contribution is 5.48. The summed E-state index contributed by atoms with van der Waals surface area (Å²) < 4.78 is 26.8. The summed E-state index contributed by atoms with van der Waals surface area (Å²) in [6.07, 6.45) is 0.946. The minimum atomic E-state index is -0.550. The Hall–Kier alpha value is -1.94. The summed E-state index contributed by atoms with van der Waals surface area (Å²) in [6.45, 7) is 3.80. The molecule has 0 unspecified atom stereocenters. The van der Waals surface area contributed by atoms with E-state index in [0.717, 1.165) is 30.3 Å². The second-order valence-corrected chi connectivity index (χ2v) is 5.03. The quantitative estimate of drug-likeness (QED) is 0.876. The summed E-state index contributed by atoms with van der Waals surface area (Å²) >= 11 is 0. The fraction of sp³-hybridized carbons (Fsp3) is 0.294. The fourth-order valence-corrected chi connectivity index (χ4v) is 2.27. The van der Waals surface area contributed by atoms with Crippen molar-refractivity contribution in [3.63, 3.8) is 0 Å². The number of halogens is 2. The molecule has 0 saturated heterocycles. The van der Waals surface area contributed by atoms with Crippen LogP contribution >= 0.6 is 0 Å². The van der Waals surface area contributed by atoms with Crippen molar-refractivity contribution in [3.05, 3.63) is 65.2 Å². The summed E-state index contributed by atoms with van der Waals surface area (Å²) in [4.78, 5) is 2.08. The smallest absolute Gasteiger partial charge is 0.131 e. The normalized spacial score (nSPS) is 10.7. The monoisotopic (exact) mass is 290 g/mol. The number of benzene rings is 2. The van der Waals surface area contributed by atoms with E-state index in [1.807, 2.05) is 24.3 Å². The van der Waals surface area contributed by atoms with Crippen molar-refractivity contribution < 1.29 is 8.78 Å². The molecule has 2 nitrogen and oxygen atoms in total. The number of anilines is 1. The second kappa shape index (κ2) is 7.18. The van der Waals surface area contributed by atoms with Gasteiger partial charge in [0.2, 0.25) is 0 Å². The predicted molar refractivity (Wildman–Crippen MR) is 82.0 cm³/mol. The van der Waals surface area contributed by atoms with Gasteiger partial charge in [0.25, 0.3) is 0 Å². The lowest BCUT2D eigenvalue weighted by Gasteiger charge is -2.25. The Morgan fingerprint density at radius 2 is 1.76 bits per heavy atom. The molecule has 0 saturated carbocycles. The maximum Gasteiger partial charge on any atom is 0.131 e. The number of nitrogens with two attached hydrogens (primary N) is 1. The summed E-state index contributed by atoms with van der Waals surface area (Å²) in [6, 6.07) is 11.6. The van der Waals surface area contributed by atoms with E-state index in [-0.39, 0.29) is 0 Å². The molecule has 2 N–H and O–H groups in total. The Labute approximate surface area is 124 Å². The van der Waals surface area contributed by atoms with Gasteiger partial charge in [-0.15, -0.1) is 0 Å².